The van der Waals surface area contributed by atoms with Crippen molar-refractivity contribution >= 4 is 29.3 Å². The summed E-state index contributed by atoms with van der Waals surface area (Å²) >= 11 is 3.99. The summed E-state index contributed by atoms with van der Waals surface area (Å²) < 4.78 is 0.156. The first-order chi connectivity index (χ1) is 8.76. The van der Waals surface area contributed by atoms with E-state index in [1.165, 1.54) is 24.3 Å². The third-order valence-electron chi connectivity index (χ3n) is 3.25. The van der Waals surface area contributed by atoms with Gasteiger partial charge in [0.1, 0.15) is 0 Å². The van der Waals surface area contributed by atoms with Crippen molar-refractivity contribution in [3.05, 3.63) is 35.9 Å². The molecule has 0 aliphatic carbocycles. The van der Waals surface area contributed by atoms with Crippen molar-refractivity contribution in [3.63, 3.8) is 0 Å². The monoisotopic (exact) mass is 280 g/mol. The van der Waals surface area contributed by atoms with Crippen LogP contribution in [-0.2, 0) is 0 Å². The Balaban J connectivity index is 2.03. The standard InChI is InChI=1S/C15H20OS2/c1-2-3-9-15(17-10-11-18-15)12-14(16)13-7-5-4-6-8-13/h4-8H,2-3,9-12H2,1H3. The molecule has 0 N–H and O–H groups in total. The Morgan fingerprint density at radius 3 is 2.50 bits per heavy atom. The van der Waals surface area contributed by atoms with E-state index in [2.05, 4.69) is 6.92 Å². The normalized spacial score (nSPS) is 17.8. The highest BCUT2D eigenvalue weighted by Gasteiger charge is 2.37. The molecule has 0 amide bonds. The minimum atomic E-state index is 0.156. The fraction of sp³-hybridized carbons (Fsp3) is 0.533. The molecule has 0 unspecified atom stereocenters. The highest BCUT2D eigenvalue weighted by Crippen LogP contribution is 2.50. The number of unbranched alkanes of at least 4 members (excludes halogenated alkanes) is 1. The lowest BCUT2D eigenvalue weighted by Crippen LogP contribution is -2.22. The Kier molecular flexibility index (Phi) is 5.19. The van der Waals surface area contributed by atoms with Crippen LogP contribution < -0.4 is 0 Å². The molecule has 1 fully saturated rings. The molecule has 0 bridgehead atoms. The molecule has 1 aromatic rings. The van der Waals surface area contributed by atoms with Crippen molar-refractivity contribution in [2.75, 3.05) is 11.5 Å². The van der Waals surface area contributed by atoms with Gasteiger partial charge in [-0.05, 0) is 6.42 Å². The SMILES string of the molecule is CCCCC1(CC(=O)c2ccccc2)SCCS1. The molecule has 0 spiro atoms. The molecule has 0 aromatic heterocycles. The van der Waals surface area contributed by atoms with Crippen LogP contribution in [0, 0.1) is 0 Å². The maximum atomic E-state index is 12.3. The van der Waals surface area contributed by atoms with Gasteiger partial charge in [0.25, 0.3) is 0 Å². The molecule has 2 rings (SSSR count). The second kappa shape index (κ2) is 6.67. The molecule has 1 aliphatic rings. The van der Waals surface area contributed by atoms with Gasteiger partial charge in [-0.1, -0.05) is 50.1 Å². The minimum Gasteiger partial charge on any atom is -0.294 e. The zero-order chi connectivity index (χ0) is 12.8. The van der Waals surface area contributed by atoms with Gasteiger partial charge in [-0.2, -0.15) is 0 Å². The summed E-state index contributed by atoms with van der Waals surface area (Å²) in [5.74, 6) is 2.68. The van der Waals surface area contributed by atoms with Crippen molar-refractivity contribution in [2.45, 2.75) is 36.7 Å². The second-order valence-corrected chi connectivity index (χ2v) is 7.89. The van der Waals surface area contributed by atoms with Gasteiger partial charge in [0.2, 0.25) is 0 Å². The Morgan fingerprint density at radius 1 is 1.22 bits per heavy atom. The van der Waals surface area contributed by atoms with Crippen molar-refractivity contribution in [2.24, 2.45) is 0 Å². The number of thioether (sulfide) groups is 2. The van der Waals surface area contributed by atoms with Crippen molar-refractivity contribution in [1.29, 1.82) is 0 Å². The predicted molar refractivity (Wildman–Crippen MR) is 82.6 cm³/mol. The van der Waals surface area contributed by atoms with Crippen LogP contribution in [0.2, 0.25) is 0 Å². The molecule has 1 saturated heterocycles. The lowest BCUT2D eigenvalue weighted by molar-refractivity contribution is 0.0978. The lowest BCUT2D eigenvalue weighted by atomic mass is 10.0. The molecular formula is C15H20OS2. The van der Waals surface area contributed by atoms with Gasteiger partial charge >= 0.3 is 0 Å². The van der Waals surface area contributed by atoms with Crippen LogP contribution >= 0.6 is 23.5 Å². The third kappa shape index (κ3) is 3.55. The number of benzene rings is 1. The summed E-state index contributed by atoms with van der Waals surface area (Å²) in [4.78, 5) is 12.3. The van der Waals surface area contributed by atoms with Crippen LogP contribution in [-0.4, -0.2) is 21.4 Å². The van der Waals surface area contributed by atoms with Gasteiger partial charge in [0, 0.05) is 23.5 Å². The molecule has 1 aromatic carbocycles. The van der Waals surface area contributed by atoms with Gasteiger partial charge in [0.05, 0.1) is 4.08 Å². The number of ketones is 1. The Morgan fingerprint density at radius 2 is 1.89 bits per heavy atom. The van der Waals surface area contributed by atoms with E-state index in [4.69, 9.17) is 0 Å². The minimum absolute atomic E-state index is 0.156. The highest BCUT2D eigenvalue weighted by atomic mass is 32.2. The van der Waals surface area contributed by atoms with E-state index >= 15 is 0 Å². The summed E-state index contributed by atoms with van der Waals surface area (Å²) in [6.07, 6.45) is 4.29. The molecular weight excluding hydrogens is 260 g/mol. The average Bonchev–Trinajstić information content (AvgIpc) is 2.86. The number of hydrogen-bond donors (Lipinski definition) is 0. The van der Waals surface area contributed by atoms with Crippen LogP contribution in [0.1, 0.15) is 43.0 Å². The largest absolute Gasteiger partial charge is 0.294 e. The molecule has 98 valence electrons. The van der Waals surface area contributed by atoms with Crippen LogP contribution in [0.15, 0.2) is 30.3 Å². The molecule has 0 saturated carbocycles. The van der Waals surface area contributed by atoms with E-state index in [0.717, 1.165) is 12.0 Å². The Labute approximate surface area is 118 Å². The Bertz CT molecular complexity index is 383. The predicted octanol–water partition coefficient (Wildman–Crippen LogP) is 4.63. The van der Waals surface area contributed by atoms with E-state index in [1.807, 2.05) is 53.9 Å². The fourth-order valence-corrected chi connectivity index (χ4v) is 5.54. The number of hydrogen-bond acceptors (Lipinski definition) is 3. The molecule has 3 heteroatoms. The first-order valence-electron chi connectivity index (χ1n) is 6.62. The van der Waals surface area contributed by atoms with Crippen molar-refractivity contribution < 1.29 is 4.79 Å². The highest BCUT2D eigenvalue weighted by molar-refractivity contribution is 8.21. The van der Waals surface area contributed by atoms with Crippen LogP contribution in [0.3, 0.4) is 0 Å². The van der Waals surface area contributed by atoms with Crippen LogP contribution in [0.5, 0.6) is 0 Å². The van der Waals surface area contributed by atoms with Crippen molar-refractivity contribution in [1.82, 2.24) is 0 Å². The molecule has 1 heterocycles. The third-order valence-corrected chi connectivity index (χ3v) is 6.78. The molecule has 18 heavy (non-hydrogen) atoms. The molecule has 1 aliphatic heterocycles. The summed E-state index contributed by atoms with van der Waals surface area (Å²) in [6, 6.07) is 9.71. The number of rotatable bonds is 6. The van der Waals surface area contributed by atoms with Gasteiger partial charge in [0.15, 0.2) is 5.78 Å². The quantitative estimate of drug-likeness (QED) is 0.707. The second-order valence-electron chi connectivity index (χ2n) is 4.68. The van der Waals surface area contributed by atoms with Gasteiger partial charge in [-0.25, -0.2) is 0 Å². The van der Waals surface area contributed by atoms with Gasteiger partial charge in [-0.15, -0.1) is 23.5 Å². The zero-order valence-electron chi connectivity index (χ0n) is 10.9. The van der Waals surface area contributed by atoms with E-state index in [1.54, 1.807) is 0 Å². The lowest BCUT2D eigenvalue weighted by Gasteiger charge is -2.26. The Hall–Kier alpha value is -0.410. The first kappa shape index (κ1) is 14.0. The fourth-order valence-electron chi connectivity index (χ4n) is 2.25. The van der Waals surface area contributed by atoms with E-state index < -0.39 is 0 Å². The number of Topliss-reactive ketones (excluding diaryl/α,β-unsaturated/α-hetero) is 1. The summed E-state index contributed by atoms with van der Waals surface area (Å²) in [5, 5.41) is 0. The number of carbonyl (C=O) groups is 1. The van der Waals surface area contributed by atoms with Crippen molar-refractivity contribution in [3.8, 4) is 0 Å². The van der Waals surface area contributed by atoms with Gasteiger partial charge < -0.3 is 0 Å². The molecule has 0 radical (unpaired) electrons. The maximum absolute atomic E-state index is 12.3. The summed E-state index contributed by atoms with van der Waals surface area (Å²) in [5.41, 5.74) is 0.862. The topological polar surface area (TPSA) is 17.1 Å². The van der Waals surface area contributed by atoms with Crippen LogP contribution in [0.25, 0.3) is 0 Å². The van der Waals surface area contributed by atoms with Gasteiger partial charge in [-0.3, -0.25) is 4.79 Å². The number of carbonyl (C=O) groups excluding carboxylic acids is 1. The maximum Gasteiger partial charge on any atom is 0.165 e. The smallest absolute Gasteiger partial charge is 0.165 e. The van der Waals surface area contributed by atoms with E-state index in [-0.39, 0.29) is 4.08 Å². The molecule has 0 atom stereocenters. The molecule has 1 nitrogen and oxygen atoms in total. The summed E-state index contributed by atoms with van der Waals surface area (Å²) in [7, 11) is 0. The van der Waals surface area contributed by atoms with E-state index in [9.17, 15) is 4.79 Å². The first-order valence-corrected chi connectivity index (χ1v) is 8.59. The average molecular weight is 280 g/mol. The zero-order valence-corrected chi connectivity index (χ0v) is 12.5. The van der Waals surface area contributed by atoms with Crippen LogP contribution in [0.4, 0.5) is 0 Å². The van der Waals surface area contributed by atoms with E-state index in [0.29, 0.717) is 12.2 Å². The summed E-state index contributed by atoms with van der Waals surface area (Å²) in [6.45, 7) is 2.22.